The van der Waals surface area contributed by atoms with Gasteiger partial charge in [-0.15, -0.1) is 4.72 Å². The third-order valence-corrected chi connectivity index (χ3v) is 5.39. The summed E-state index contributed by atoms with van der Waals surface area (Å²) in [5.41, 5.74) is -0.256. The third kappa shape index (κ3) is 5.29. The molecule has 3 unspecified atom stereocenters. The average Bonchev–Trinajstić information content (AvgIpc) is 3.05. The second-order valence-corrected chi connectivity index (χ2v) is 9.00. The van der Waals surface area contributed by atoms with E-state index in [0.29, 0.717) is 19.6 Å². The quantitative estimate of drug-likeness (QED) is 0.694. The maximum Gasteiger partial charge on any atom is 0.340 e. The minimum atomic E-state index is -2.49. The van der Waals surface area contributed by atoms with Crippen LogP contribution in [0.1, 0.15) is 38.8 Å². The molecule has 6 nitrogen and oxygen atoms in total. The number of hydrogen-bond donors (Lipinski definition) is 2. The van der Waals surface area contributed by atoms with Crippen molar-refractivity contribution in [1.82, 2.24) is 4.72 Å². The minimum Gasteiger partial charge on any atom is -0.598 e. The van der Waals surface area contributed by atoms with E-state index >= 15 is 0 Å². The molecule has 2 rings (SSSR count). The lowest BCUT2D eigenvalue weighted by Crippen LogP contribution is -2.45. The van der Waals surface area contributed by atoms with Gasteiger partial charge in [0.25, 0.3) is 0 Å². The molecule has 26 heavy (non-hydrogen) atoms. The number of carbonyl (C=O) groups is 1. The van der Waals surface area contributed by atoms with Crippen LogP contribution in [-0.2, 0) is 20.9 Å². The molecule has 0 amide bonds. The van der Waals surface area contributed by atoms with E-state index in [0.717, 1.165) is 6.07 Å². The fourth-order valence-corrected chi connectivity index (χ4v) is 3.18. The van der Waals surface area contributed by atoms with Gasteiger partial charge in [-0.3, -0.25) is 0 Å². The number of nitrogens with one attached hydrogen (secondary N) is 1. The Balaban J connectivity index is 2.31. The van der Waals surface area contributed by atoms with Gasteiger partial charge >= 0.3 is 5.97 Å². The predicted molar refractivity (Wildman–Crippen MR) is 92.6 cm³/mol. The van der Waals surface area contributed by atoms with Crippen molar-refractivity contribution in [3.8, 4) is 5.75 Å². The summed E-state index contributed by atoms with van der Waals surface area (Å²) >= 11 is -1.80. The zero-order valence-electron chi connectivity index (χ0n) is 14.8. The normalized spacial score (nSPS) is 21.2. The van der Waals surface area contributed by atoms with Crippen LogP contribution in [-0.4, -0.2) is 45.9 Å². The zero-order chi connectivity index (χ0) is 19.5. The summed E-state index contributed by atoms with van der Waals surface area (Å²) in [6, 6.07) is 2.06. The van der Waals surface area contributed by atoms with E-state index in [1.54, 1.807) is 20.8 Å². The minimum absolute atomic E-state index is 0.205. The van der Waals surface area contributed by atoms with Gasteiger partial charge in [-0.05, 0) is 39.0 Å². The van der Waals surface area contributed by atoms with Crippen LogP contribution in [0.3, 0.4) is 0 Å². The summed E-state index contributed by atoms with van der Waals surface area (Å²) in [5, 5.41) is 9.04. The summed E-state index contributed by atoms with van der Waals surface area (Å²) in [6.07, 6.45) is -2.02. The van der Waals surface area contributed by atoms with Gasteiger partial charge in [0.15, 0.2) is 0 Å². The molecule has 0 saturated carbocycles. The van der Waals surface area contributed by atoms with Crippen LogP contribution < -0.4 is 9.46 Å². The highest BCUT2D eigenvalue weighted by atomic mass is 32.2. The summed E-state index contributed by atoms with van der Waals surface area (Å²) in [5.74, 6) is -2.32. The smallest absolute Gasteiger partial charge is 0.340 e. The first kappa shape index (κ1) is 20.9. The number of halogens is 2. The monoisotopic (exact) mass is 391 g/mol. The molecule has 1 aliphatic heterocycles. The second-order valence-electron chi connectivity index (χ2n) is 7.00. The molecule has 146 valence electrons. The molecular formula is C17H23F2NO5S. The number of benzene rings is 1. The molecule has 1 aromatic rings. The van der Waals surface area contributed by atoms with Crippen molar-refractivity contribution in [3.63, 3.8) is 0 Å². The van der Waals surface area contributed by atoms with Gasteiger partial charge in [0.1, 0.15) is 28.5 Å². The van der Waals surface area contributed by atoms with Gasteiger partial charge in [-0.2, -0.15) is 0 Å². The Bertz CT molecular complexity index is 634. The molecule has 9 heteroatoms. The van der Waals surface area contributed by atoms with Crippen molar-refractivity contribution >= 4 is 17.3 Å². The third-order valence-electron chi connectivity index (χ3n) is 3.81. The van der Waals surface area contributed by atoms with E-state index in [2.05, 4.69) is 4.72 Å². The van der Waals surface area contributed by atoms with Crippen LogP contribution in [0.5, 0.6) is 5.75 Å². The maximum atomic E-state index is 14.3. The fourth-order valence-electron chi connectivity index (χ4n) is 2.35. The number of hydrogen-bond acceptors (Lipinski definition) is 5. The number of aliphatic carboxylic acids is 1. The summed E-state index contributed by atoms with van der Waals surface area (Å²) < 4.78 is 53.5. The van der Waals surface area contributed by atoms with Gasteiger partial charge in [0.05, 0.1) is 13.2 Å². The Labute approximate surface area is 154 Å². The largest absolute Gasteiger partial charge is 0.598 e. The topological polar surface area (TPSA) is 90.9 Å². The number of rotatable bonds is 7. The SMILES string of the molecule is CC(C)(C)[S+]([O-])NC(c1cc(O[C@H]2CCOC2)ccc1F)C(F)C(=O)O. The Morgan fingerprint density at radius 2 is 2.19 bits per heavy atom. The van der Waals surface area contributed by atoms with E-state index in [-0.39, 0.29) is 17.4 Å². The van der Waals surface area contributed by atoms with Crippen LogP contribution in [0.25, 0.3) is 0 Å². The highest BCUT2D eigenvalue weighted by Gasteiger charge is 2.38. The van der Waals surface area contributed by atoms with Crippen molar-refractivity contribution in [3.05, 3.63) is 29.6 Å². The van der Waals surface area contributed by atoms with E-state index < -0.39 is 40.1 Å². The first-order valence-corrected chi connectivity index (χ1v) is 9.33. The lowest BCUT2D eigenvalue weighted by molar-refractivity contribution is -0.143. The summed E-state index contributed by atoms with van der Waals surface area (Å²) in [6.45, 7) is 5.85. The van der Waals surface area contributed by atoms with Crippen molar-refractivity contribution in [2.45, 2.75) is 50.3 Å². The van der Waals surface area contributed by atoms with Crippen molar-refractivity contribution in [1.29, 1.82) is 0 Å². The van der Waals surface area contributed by atoms with E-state index in [1.165, 1.54) is 12.1 Å². The Morgan fingerprint density at radius 3 is 2.73 bits per heavy atom. The molecule has 2 N–H and O–H groups in total. The molecular weight excluding hydrogens is 368 g/mol. The molecule has 1 aromatic carbocycles. The van der Waals surface area contributed by atoms with Gasteiger partial charge in [0, 0.05) is 23.3 Å². The first-order chi connectivity index (χ1) is 12.1. The molecule has 0 aliphatic carbocycles. The lowest BCUT2D eigenvalue weighted by Gasteiger charge is -2.29. The van der Waals surface area contributed by atoms with Crippen LogP contribution in [0.15, 0.2) is 18.2 Å². The molecule has 0 aromatic heterocycles. The first-order valence-electron chi connectivity index (χ1n) is 8.18. The standard InChI is InChI=1S/C17H23F2NO5S/c1-17(2,3)26(23)20-15(14(19)16(21)22)12-8-10(4-5-13(12)18)25-11-6-7-24-9-11/h4-5,8,11,14-15,20H,6-7,9H2,1-3H3,(H,21,22)/t11-,14?,15?,26?/m0/s1. The molecule has 1 fully saturated rings. The van der Waals surface area contributed by atoms with Gasteiger partial charge in [0.2, 0.25) is 6.17 Å². The Morgan fingerprint density at radius 1 is 1.50 bits per heavy atom. The number of carboxylic acids is 1. The highest BCUT2D eigenvalue weighted by Crippen LogP contribution is 2.30. The number of alkyl halides is 1. The average molecular weight is 391 g/mol. The predicted octanol–water partition coefficient (Wildman–Crippen LogP) is 2.51. The molecule has 0 spiro atoms. The molecule has 0 radical (unpaired) electrons. The van der Waals surface area contributed by atoms with E-state index in [4.69, 9.17) is 14.6 Å². The van der Waals surface area contributed by atoms with Crippen LogP contribution in [0.2, 0.25) is 0 Å². The molecule has 1 heterocycles. The maximum absolute atomic E-state index is 14.3. The number of ether oxygens (including phenoxy) is 2. The molecule has 4 atom stereocenters. The summed E-state index contributed by atoms with van der Waals surface area (Å²) in [7, 11) is 0. The van der Waals surface area contributed by atoms with Crippen molar-refractivity contribution < 1.29 is 32.7 Å². The van der Waals surface area contributed by atoms with Crippen molar-refractivity contribution in [2.75, 3.05) is 13.2 Å². The second kappa shape index (κ2) is 8.51. The Hall–Kier alpha value is -1.42. The lowest BCUT2D eigenvalue weighted by atomic mass is 10.0. The Kier molecular flexibility index (Phi) is 6.84. The van der Waals surface area contributed by atoms with Crippen LogP contribution in [0.4, 0.5) is 8.78 Å². The molecule has 1 saturated heterocycles. The number of carboxylic acid groups (broad SMARTS) is 1. The van der Waals surface area contributed by atoms with Gasteiger partial charge in [-0.1, -0.05) is 0 Å². The highest BCUT2D eigenvalue weighted by molar-refractivity contribution is 7.90. The van der Waals surface area contributed by atoms with Crippen LogP contribution >= 0.6 is 0 Å². The molecule has 1 aliphatic rings. The molecule has 0 bridgehead atoms. The zero-order valence-corrected chi connectivity index (χ0v) is 15.6. The van der Waals surface area contributed by atoms with Gasteiger partial charge in [-0.25, -0.2) is 13.6 Å². The van der Waals surface area contributed by atoms with E-state index in [1.807, 2.05) is 0 Å². The summed E-state index contributed by atoms with van der Waals surface area (Å²) in [4.78, 5) is 11.1. The fraction of sp³-hybridized carbons (Fsp3) is 0.588. The van der Waals surface area contributed by atoms with Crippen LogP contribution in [0, 0.1) is 5.82 Å². The van der Waals surface area contributed by atoms with E-state index in [9.17, 15) is 18.1 Å². The van der Waals surface area contributed by atoms with Gasteiger partial charge < -0.3 is 19.1 Å². The van der Waals surface area contributed by atoms with Crippen molar-refractivity contribution in [2.24, 2.45) is 0 Å².